The van der Waals surface area contributed by atoms with Crippen LogP contribution in [0.3, 0.4) is 0 Å². The van der Waals surface area contributed by atoms with Gasteiger partial charge in [-0.2, -0.15) is 0 Å². The van der Waals surface area contributed by atoms with Crippen molar-refractivity contribution in [2.24, 2.45) is 11.1 Å². The molecule has 0 aliphatic carbocycles. The third-order valence-corrected chi connectivity index (χ3v) is 3.05. The summed E-state index contributed by atoms with van der Waals surface area (Å²) in [4.78, 5) is 11.7. The van der Waals surface area contributed by atoms with Crippen LogP contribution in [0, 0.1) is 17.0 Å². The van der Waals surface area contributed by atoms with Crippen LogP contribution in [0.4, 0.5) is 14.5 Å². The third kappa shape index (κ3) is 5.34. The Morgan fingerprint density at radius 3 is 2.63 bits per heavy atom. The van der Waals surface area contributed by atoms with Crippen LogP contribution >= 0.6 is 0 Å². The highest BCUT2D eigenvalue weighted by atomic mass is 19.1. The van der Waals surface area contributed by atoms with E-state index in [9.17, 15) is 13.6 Å². The fourth-order valence-electron chi connectivity index (χ4n) is 1.77. The summed E-state index contributed by atoms with van der Waals surface area (Å²) in [5, 5.41) is 2.38. The number of rotatable bonds is 6. The molecular formula is C14H20F2N2O. The molecule has 0 heterocycles. The molecule has 0 spiro atoms. The summed E-state index contributed by atoms with van der Waals surface area (Å²) in [5.41, 5.74) is 5.33. The van der Waals surface area contributed by atoms with Crippen molar-refractivity contribution >= 4 is 11.6 Å². The Morgan fingerprint density at radius 2 is 2.00 bits per heavy atom. The second kappa shape index (κ2) is 6.61. The molecular weight excluding hydrogens is 250 g/mol. The Hall–Kier alpha value is -1.49. The first-order chi connectivity index (χ1) is 8.84. The van der Waals surface area contributed by atoms with Crippen molar-refractivity contribution in [1.82, 2.24) is 0 Å². The van der Waals surface area contributed by atoms with Gasteiger partial charge in [0.2, 0.25) is 5.91 Å². The van der Waals surface area contributed by atoms with Crippen LogP contribution < -0.4 is 11.1 Å². The Bertz CT molecular complexity index is 447. The Kier molecular flexibility index (Phi) is 5.42. The molecule has 1 aromatic carbocycles. The number of benzene rings is 1. The maximum Gasteiger partial charge on any atom is 0.224 e. The number of amides is 1. The van der Waals surface area contributed by atoms with Crippen LogP contribution in [0.5, 0.6) is 0 Å². The molecule has 0 fully saturated rings. The zero-order valence-corrected chi connectivity index (χ0v) is 11.3. The molecule has 1 rings (SSSR count). The molecule has 0 saturated heterocycles. The van der Waals surface area contributed by atoms with Crippen molar-refractivity contribution in [2.45, 2.75) is 33.1 Å². The van der Waals surface area contributed by atoms with Gasteiger partial charge in [-0.15, -0.1) is 0 Å². The highest BCUT2D eigenvalue weighted by Crippen LogP contribution is 2.26. The summed E-state index contributed by atoms with van der Waals surface area (Å²) in [7, 11) is 0. The van der Waals surface area contributed by atoms with Crippen molar-refractivity contribution in [3.05, 3.63) is 29.8 Å². The summed E-state index contributed by atoms with van der Waals surface area (Å²) in [6, 6.07) is 2.97. The van der Waals surface area contributed by atoms with Gasteiger partial charge in [0.15, 0.2) is 0 Å². The van der Waals surface area contributed by atoms with E-state index in [0.29, 0.717) is 13.0 Å². The second-order valence-electron chi connectivity index (χ2n) is 5.38. The van der Waals surface area contributed by atoms with Crippen molar-refractivity contribution in [2.75, 3.05) is 11.9 Å². The van der Waals surface area contributed by atoms with E-state index in [4.69, 9.17) is 5.73 Å². The van der Waals surface area contributed by atoms with E-state index in [1.54, 1.807) is 0 Å². The van der Waals surface area contributed by atoms with E-state index in [1.807, 2.05) is 13.8 Å². The SMILES string of the molecule is CC(C)(CCN)CCC(=O)Nc1cc(F)ccc1F. The molecule has 3 nitrogen and oxygen atoms in total. The van der Waals surface area contributed by atoms with Gasteiger partial charge in [0, 0.05) is 12.5 Å². The van der Waals surface area contributed by atoms with Gasteiger partial charge in [-0.1, -0.05) is 13.8 Å². The number of halogens is 2. The highest BCUT2D eigenvalue weighted by Gasteiger charge is 2.18. The topological polar surface area (TPSA) is 55.1 Å². The lowest BCUT2D eigenvalue weighted by Crippen LogP contribution is -2.21. The van der Waals surface area contributed by atoms with Gasteiger partial charge < -0.3 is 11.1 Å². The molecule has 0 aromatic heterocycles. The van der Waals surface area contributed by atoms with Crippen molar-refractivity contribution < 1.29 is 13.6 Å². The average Bonchev–Trinajstić information content (AvgIpc) is 2.31. The molecule has 0 aliphatic rings. The number of nitrogens with one attached hydrogen (secondary N) is 1. The van der Waals surface area contributed by atoms with Crippen LogP contribution in [-0.2, 0) is 4.79 Å². The minimum absolute atomic E-state index is 0.0351. The number of carbonyl (C=O) groups is 1. The largest absolute Gasteiger partial charge is 0.330 e. The van der Waals surface area contributed by atoms with Crippen LogP contribution in [0.2, 0.25) is 0 Å². The van der Waals surface area contributed by atoms with Gasteiger partial charge in [-0.25, -0.2) is 8.78 Å². The third-order valence-electron chi connectivity index (χ3n) is 3.05. The number of nitrogens with two attached hydrogens (primary N) is 1. The minimum atomic E-state index is -0.643. The predicted octanol–water partition coefficient (Wildman–Crippen LogP) is 3.06. The fourth-order valence-corrected chi connectivity index (χ4v) is 1.77. The quantitative estimate of drug-likeness (QED) is 0.834. The fraction of sp³-hybridized carbons (Fsp3) is 0.500. The Morgan fingerprint density at radius 1 is 1.32 bits per heavy atom. The molecule has 0 bridgehead atoms. The Balaban J connectivity index is 2.54. The van der Waals surface area contributed by atoms with E-state index in [-0.39, 0.29) is 23.4 Å². The molecule has 0 saturated carbocycles. The van der Waals surface area contributed by atoms with Gasteiger partial charge in [0.25, 0.3) is 0 Å². The van der Waals surface area contributed by atoms with E-state index < -0.39 is 11.6 Å². The lowest BCUT2D eigenvalue weighted by atomic mass is 9.84. The summed E-state index contributed by atoms with van der Waals surface area (Å²) in [6.07, 6.45) is 1.71. The number of hydrogen-bond acceptors (Lipinski definition) is 2. The molecule has 0 unspecified atom stereocenters. The average molecular weight is 270 g/mol. The number of hydrogen-bond donors (Lipinski definition) is 2. The highest BCUT2D eigenvalue weighted by molar-refractivity contribution is 5.90. The van der Waals surface area contributed by atoms with Gasteiger partial charge in [0.1, 0.15) is 11.6 Å². The standard InChI is InChI=1S/C14H20F2N2O/c1-14(2,7-8-17)6-5-13(19)18-12-9-10(15)3-4-11(12)16/h3-4,9H,5-8,17H2,1-2H3,(H,18,19). The van der Waals surface area contributed by atoms with Crippen LogP contribution in [-0.4, -0.2) is 12.5 Å². The van der Waals surface area contributed by atoms with Gasteiger partial charge in [-0.05, 0) is 36.9 Å². The van der Waals surface area contributed by atoms with Crippen LogP contribution in [0.25, 0.3) is 0 Å². The molecule has 106 valence electrons. The molecule has 3 N–H and O–H groups in total. The minimum Gasteiger partial charge on any atom is -0.330 e. The van der Waals surface area contributed by atoms with Crippen molar-refractivity contribution in [3.8, 4) is 0 Å². The van der Waals surface area contributed by atoms with Gasteiger partial charge in [0.05, 0.1) is 5.69 Å². The molecule has 1 amide bonds. The molecule has 0 aliphatic heterocycles. The van der Waals surface area contributed by atoms with Gasteiger partial charge >= 0.3 is 0 Å². The summed E-state index contributed by atoms with van der Waals surface area (Å²) in [6.45, 7) is 4.61. The number of anilines is 1. The maximum atomic E-state index is 13.3. The first-order valence-corrected chi connectivity index (χ1v) is 6.29. The van der Waals surface area contributed by atoms with E-state index in [0.717, 1.165) is 24.6 Å². The van der Waals surface area contributed by atoms with E-state index in [2.05, 4.69) is 5.32 Å². The number of carbonyl (C=O) groups excluding carboxylic acids is 1. The lowest BCUT2D eigenvalue weighted by molar-refractivity contribution is -0.116. The Labute approximate surface area is 112 Å². The molecule has 5 heteroatoms. The van der Waals surface area contributed by atoms with Crippen LogP contribution in [0.15, 0.2) is 18.2 Å². The summed E-state index contributed by atoms with van der Waals surface area (Å²) in [5.74, 6) is -1.55. The molecule has 0 atom stereocenters. The molecule has 0 radical (unpaired) electrons. The van der Waals surface area contributed by atoms with Crippen molar-refractivity contribution in [3.63, 3.8) is 0 Å². The zero-order chi connectivity index (χ0) is 14.5. The lowest BCUT2D eigenvalue weighted by Gasteiger charge is -2.23. The molecule has 1 aromatic rings. The predicted molar refractivity (Wildman–Crippen MR) is 71.7 cm³/mol. The molecule has 19 heavy (non-hydrogen) atoms. The normalized spacial score (nSPS) is 11.4. The van der Waals surface area contributed by atoms with E-state index >= 15 is 0 Å². The first-order valence-electron chi connectivity index (χ1n) is 6.29. The second-order valence-corrected chi connectivity index (χ2v) is 5.38. The summed E-state index contributed by atoms with van der Waals surface area (Å²) >= 11 is 0. The summed E-state index contributed by atoms with van der Waals surface area (Å²) < 4.78 is 26.3. The van der Waals surface area contributed by atoms with Gasteiger partial charge in [-0.3, -0.25) is 4.79 Å². The first kappa shape index (κ1) is 15.6. The van der Waals surface area contributed by atoms with E-state index in [1.165, 1.54) is 0 Å². The van der Waals surface area contributed by atoms with Crippen molar-refractivity contribution in [1.29, 1.82) is 0 Å². The monoisotopic (exact) mass is 270 g/mol. The smallest absolute Gasteiger partial charge is 0.224 e. The van der Waals surface area contributed by atoms with Crippen LogP contribution in [0.1, 0.15) is 33.1 Å². The maximum absolute atomic E-state index is 13.3. The zero-order valence-electron chi connectivity index (χ0n) is 11.3.